The third-order valence-corrected chi connectivity index (χ3v) is 4.79. The maximum atomic E-state index is 12.6. The van der Waals surface area contributed by atoms with Crippen LogP contribution in [-0.4, -0.2) is 93.8 Å². The van der Waals surface area contributed by atoms with Gasteiger partial charge in [0, 0.05) is 6.42 Å². The van der Waals surface area contributed by atoms with Gasteiger partial charge >= 0.3 is 5.97 Å². The van der Waals surface area contributed by atoms with Crippen molar-refractivity contribution in [1.82, 2.24) is 16.0 Å². The van der Waals surface area contributed by atoms with Crippen molar-refractivity contribution < 1.29 is 39.3 Å². The molecule has 0 heterocycles. The molecule has 0 fully saturated rings. The van der Waals surface area contributed by atoms with Crippen molar-refractivity contribution in [3.8, 4) is 0 Å². The predicted octanol–water partition coefficient (Wildman–Crippen LogP) is -3.76. The second kappa shape index (κ2) is 14.6. The highest BCUT2D eigenvalue weighted by atomic mass is 32.2. The summed E-state index contributed by atoms with van der Waals surface area (Å²) in [6.07, 6.45) is 0.311. The molecule has 0 bridgehead atoms. The quantitative estimate of drug-likeness (QED) is 0.118. The molecule has 0 spiro atoms. The summed E-state index contributed by atoms with van der Waals surface area (Å²) in [5.41, 5.74) is 10.7. The Morgan fingerprint density at radius 3 is 2.00 bits per heavy atom. The molecule has 0 saturated carbocycles. The van der Waals surface area contributed by atoms with E-state index in [1.54, 1.807) is 6.26 Å². The molecule has 14 heteroatoms. The van der Waals surface area contributed by atoms with Crippen molar-refractivity contribution >= 4 is 41.4 Å². The SMILES string of the molecule is CSCCC(NC(=O)C(NC(=O)C(N)CCC(N)=O)C(C)O)C(=O)NC(CO)C(=O)O. The van der Waals surface area contributed by atoms with Gasteiger partial charge in [-0.15, -0.1) is 0 Å². The van der Waals surface area contributed by atoms with Gasteiger partial charge in [-0.25, -0.2) is 4.79 Å². The van der Waals surface area contributed by atoms with Crippen LogP contribution in [0.1, 0.15) is 26.2 Å². The van der Waals surface area contributed by atoms with Crippen molar-refractivity contribution in [2.24, 2.45) is 11.5 Å². The number of aliphatic hydroxyl groups excluding tert-OH is 2. The van der Waals surface area contributed by atoms with Crippen molar-refractivity contribution in [3.63, 3.8) is 0 Å². The Bertz CT molecular complexity index is 648. The van der Waals surface area contributed by atoms with Crippen LogP contribution in [-0.2, 0) is 24.0 Å². The number of carbonyl (C=O) groups is 5. The average molecular weight is 466 g/mol. The number of primary amides is 1. The first-order valence-corrected chi connectivity index (χ1v) is 10.8. The zero-order valence-electron chi connectivity index (χ0n) is 17.4. The monoisotopic (exact) mass is 465 g/mol. The van der Waals surface area contributed by atoms with Crippen molar-refractivity contribution in [2.75, 3.05) is 18.6 Å². The van der Waals surface area contributed by atoms with Crippen LogP contribution in [0.3, 0.4) is 0 Å². The Balaban J connectivity index is 5.25. The normalized spacial score (nSPS) is 15.6. The van der Waals surface area contributed by atoms with Gasteiger partial charge in [-0.3, -0.25) is 19.2 Å². The summed E-state index contributed by atoms with van der Waals surface area (Å²) in [7, 11) is 0. The Morgan fingerprint density at radius 1 is 0.968 bits per heavy atom. The van der Waals surface area contributed by atoms with Gasteiger partial charge < -0.3 is 42.7 Å². The van der Waals surface area contributed by atoms with E-state index in [1.807, 2.05) is 0 Å². The number of aliphatic hydroxyl groups is 2. The van der Waals surface area contributed by atoms with E-state index in [1.165, 1.54) is 18.7 Å². The molecule has 0 aliphatic heterocycles. The first-order chi connectivity index (χ1) is 14.4. The summed E-state index contributed by atoms with van der Waals surface area (Å²) >= 11 is 1.37. The number of nitrogens with two attached hydrogens (primary N) is 2. The third-order valence-electron chi connectivity index (χ3n) is 4.14. The van der Waals surface area contributed by atoms with Crippen molar-refractivity contribution in [1.29, 1.82) is 0 Å². The highest BCUT2D eigenvalue weighted by Crippen LogP contribution is 2.04. The standard InChI is InChI=1S/C17H31N5O8S/c1-8(24)13(22-14(26)9(18)3-4-12(19)25)16(28)20-10(5-6-31-2)15(27)21-11(7-23)17(29)30/h8-11,13,23-24H,3-7,18H2,1-2H3,(H2,19,25)(H,20,28)(H,21,27)(H,22,26)(H,29,30). The summed E-state index contributed by atoms with van der Waals surface area (Å²) < 4.78 is 0. The number of aliphatic carboxylic acids is 1. The van der Waals surface area contributed by atoms with Crippen LogP contribution in [0, 0.1) is 0 Å². The van der Waals surface area contributed by atoms with Crippen LogP contribution in [0.25, 0.3) is 0 Å². The molecule has 4 amide bonds. The molecule has 0 radical (unpaired) electrons. The minimum atomic E-state index is -1.56. The number of hydrogen-bond donors (Lipinski definition) is 8. The van der Waals surface area contributed by atoms with Gasteiger partial charge in [0.05, 0.1) is 18.8 Å². The van der Waals surface area contributed by atoms with Crippen LogP contribution in [0.15, 0.2) is 0 Å². The van der Waals surface area contributed by atoms with Gasteiger partial charge in [-0.05, 0) is 31.8 Å². The van der Waals surface area contributed by atoms with E-state index in [0.717, 1.165) is 0 Å². The lowest BCUT2D eigenvalue weighted by molar-refractivity contribution is -0.143. The Hall–Kier alpha value is -2.42. The number of thioether (sulfide) groups is 1. The molecular weight excluding hydrogens is 434 g/mol. The fourth-order valence-electron chi connectivity index (χ4n) is 2.32. The van der Waals surface area contributed by atoms with E-state index in [0.29, 0.717) is 5.75 Å². The van der Waals surface area contributed by atoms with E-state index in [4.69, 9.17) is 21.7 Å². The number of hydrogen-bond acceptors (Lipinski definition) is 9. The molecule has 0 aromatic heterocycles. The lowest BCUT2D eigenvalue weighted by Crippen LogP contribution is -2.60. The first kappa shape index (κ1) is 28.6. The third kappa shape index (κ3) is 11.0. The molecule has 178 valence electrons. The number of carboxylic acids is 1. The van der Waals surface area contributed by atoms with Gasteiger partial charge in [0.1, 0.15) is 18.1 Å². The topological polar surface area (TPSA) is 234 Å². The maximum Gasteiger partial charge on any atom is 0.328 e. The number of carboxylic acid groups (broad SMARTS) is 1. The maximum absolute atomic E-state index is 12.6. The van der Waals surface area contributed by atoms with E-state index in [-0.39, 0.29) is 19.3 Å². The van der Waals surface area contributed by atoms with E-state index in [9.17, 15) is 29.1 Å². The van der Waals surface area contributed by atoms with Crippen LogP contribution in [0.5, 0.6) is 0 Å². The minimum absolute atomic E-state index is 0.0637. The molecule has 5 unspecified atom stereocenters. The van der Waals surface area contributed by atoms with E-state index >= 15 is 0 Å². The molecule has 0 rings (SSSR count). The smallest absolute Gasteiger partial charge is 0.328 e. The van der Waals surface area contributed by atoms with Crippen LogP contribution in [0.2, 0.25) is 0 Å². The molecule has 0 aliphatic carbocycles. The highest BCUT2D eigenvalue weighted by molar-refractivity contribution is 7.98. The van der Waals surface area contributed by atoms with Gasteiger partial charge in [0.15, 0.2) is 0 Å². The van der Waals surface area contributed by atoms with Gasteiger partial charge in [0.25, 0.3) is 0 Å². The lowest BCUT2D eigenvalue weighted by Gasteiger charge is -2.26. The number of amides is 4. The molecule has 13 nitrogen and oxygen atoms in total. The largest absolute Gasteiger partial charge is 0.480 e. The predicted molar refractivity (Wildman–Crippen MR) is 112 cm³/mol. The fraction of sp³-hybridized carbons (Fsp3) is 0.706. The summed E-state index contributed by atoms with van der Waals surface area (Å²) in [6.45, 7) is 0.391. The fourth-order valence-corrected chi connectivity index (χ4v) is 2.79. The summed E-state index contributed by atoms with van der Waals surface area (Å²) in [4.78, 5) is 59.0. The average Bonchev–Trinajstić information content (AvgIpc) is 2.69. The summed E-state index contributed by atoms with van der Waals surface area (Å²) in [5, 5.41) is 34.7. The first-order valence-electron chi connectivity index (χ1n) is 9.40. The van der Waals surface area contributed by atoms with Gasteiger partial charge in [-0.2, -0.15) is 11.8 Å². The summed E-state index contributed by atoms with van der Waals surface area (Å²) in [5.74, 6) is -4.24. The Morgan fingerprint density at radius 2 is 1.55 bits per heavy atom. The highest BCUT2D eigenvalue weighted by Gasteiger charge is 2.32. The zero-order chi connectivity index (χ0) is 24.1. The van der Waals surface area contributed by atoms with Crippen LogP contribution in [0.4, 0.5) is 0 Å². The van der Waals surface area contributed by atoms with Gasteiger partial charge in [-0.1, -0.05) is 0 Å². The lowest BCUT2D eigenvalue weighted by atomic mass is 10.1. The second-order valence-electron chi connectivity index (χ2n) is 6.76. The second-order valence-corrected chi connectivity index (χ2v) is 7.75. The number of carbonyl (C=O) groups excluding carboxylic acids is 4. The zero-order valence-corrected chi connectivity index (χ0v) is 18.2. The Labute approximate surface area is 183 Å². The van der Waals surface area contributed by atoms with E-state index < -0.39 is 66.5 Å². The molecule has 5 atom stereocenters. The van der Waals surface area contributed by atoms with Crippen molar-refractivity contribution in [3.05, 3.63) is 0 Å². The molecule has 0 aromatic carbocycles. The molecule has 0 aliphatic rings. The molecular formula is C17H31N5O8S. The number of nitrogens with one attached hydrogen (secondary N) is 3. The molecule has 10 N–H and O–H groups in total. The Kier molecular flexibility index (Phi) is 13.4. The summed E-state index contributed by atoms with van der Waals surface area (Å²) in [6, 6.07) is -5.37. The van der Waals surface area contributed by atoms with Crippen LogP contribution >= 0.6 is 11.8 Å². The molecule has 0 aromatic rings. The van der Waals surface area contributed by atoms with E-state index in [2.05, 4.69) is 16.0 Å². The number of rotatable bonds is 15. The molecule has 31 heavy (non-hydrogen) atoms. The minimum Gasteiger partial charge on any atom is -0.480 e. The molecule has 0 saturated heterocycles. The van der Waals surface area contributed by atoms with Crippen LogP contribution < -0.4 is 27.4 Å². The van der Waals surface area contributed by atoms with Gasteiger partial charge in [0.2, 0.25) is 23.6 Å². The van der Waals surface area contributed by atoms with Crippen molar-refractivity contribution in [2.45, 2.75) is 56.5 Å².